The molecule has 1 aliphatic carbocycles. The number of amides is 1. The summed E-state index contributed by atoms with van der Waals surface area (Å²) in [6, 6.07) is 10.1. The van der Waals surface area contributed by atoms with E-state index >= 15 is 0 Å². The van der Waals surface area contributed by atoms with E-state index in [4.69, 9.17) is 5.11 Å². The first-order valence-corrected chi connectivity index (χ1v) is 7.04. The number of rotatable bonds is 4. The van der Waals surface area contributed by atoms with Crippen LogP contribution in [0.2, 0.25) is 0 Å². The van der Waals surface area contributed by atoms with Crippen LogP contribution in [0.1, 0.15) is 37.8 Å². The largest absolute Gasteiger partial charge is 0.465 e. The fourth-order valence-corrected chi connectivity index (χ4v) is 2.81. The second-order valence-electron chi connectivity index (χ2n) is 5.43. The maximum Gasteiger partial charge on any atom is 0.404 e. The summed E-state index contributed by atoms with van der Waals surface area (Å²) in [5.41, 5.74) is 1.19. The fraction of sp³-hybridized carbons (Fsp3) is 0.533. The van der Waals surface area contributed by atoms with Crippen LogP contribution in [0.25, 0.3) is 0 Å². The minimum absolute atomic E-state index is 0.0112. The highest BCUT2D eigenvalue weighted by Crippen LogP contribution is 2.22. The van der Waals surface area contributed by atoms with Crippen molar-refractivity contribution in [2.24, 2.45) is 0 Å². The molecule has 2 rings (SSSR count). The summed E-state index contributed by atoms with van der Waals surface area (Å²) < 4.78 is 0. The van der Waals surface area contributed by atoms with E-state index < -0.39 is 12.2 Å². The molecule has 0 spiro atoms. The zero-order chi connectivity index (χ0) is 14.5. The summed E-state index contributed by atoms with van der Waals surface area (Å²) in [5.74, 6) is 0. The quantitative estimate of drug-likeness (QED) is 0.678. The summed E-state index contributed by atoms with van der Waals surface area (Å²) in [6.07, 6.45) is 0.440. The molecule has 0 heterocycles. The smallest absolute Gasteiger partial charge is 0.404 e. The van der Waals surface area contributed by atoms with Gasteiger partial charge in [-0.1, -0.05) is 30.3 Å². The van der Waals surface area contributed by atoms with Crippen LogP contribution in [0.4, 0.5) is 4.79 Å². The number of hydrogen-bond acceptors (Lipinski definition) is 3. The van der Waals surface area contributed by atoms with Crippen LogP contribution in [-0.2, 0) is 0 Å². The first-order valence-electron chi connectivity index (χ1n) is 7.04. The lowest BCUT2D eigenvalue weighted by Gasteiger charge is -2.35. The zero-order valence-corrected chi connectivity index (χ0v) is 11.6. The Hall–Kier alpha value is -1.59. The predicted octanol–water partition coefficient (Wildman–Crippen LogP) is 1.89. The minimum Gasteiger partial charge on any atom is -0.465 e. The number of carboxylic acid groups (broad SMARTS) is 1. The molecule has 4 atom stereocenters. The summed E-state index contributed by atoms with van der Waals surface area (Å²) in [5, 5.41) is 24.7. The lowest BCUT2D eigenvalue weighted by Crippen LogP contribution is -2.50. The Labute approximate surface area is 119 Å². The molecule has 0 saturated heterocycles. The van der Waals surface area contributed by atoms with Gasteiger partial charge in [-0.25, -0.2) is 4.79 Å². The van der Waals surface area contributed by atoms with Crippen molar-refractivity contribution in [1.29, 1.82) is 0 Å². The normalized spacial score (nSPS) is 27.8. The third-order valence-corrected chi connectivity index (χ3v) is 3.91. The van der Waals surface area contributed by atoms with Gasteiger partial charge in [-0.3, -0.25) is 0 Å². The molecular weight excluding hydrogens is 256 g/mol. The molecule has 0 bridgehead atoms. The van der Waals surface area contributed by atoms with Crippen LogP contribution in [0.3, 0.4) is 0 Å². The van der Waals surface area contributed by atoms with Gasteiger partial charge in [0.25, 0.3) is 0 Å². The first kappa shape index (κ1) is 14.8. The molecule has 1 saturated carbocycles. The summed E-state index contributed by atoms with van der Waals surface area (Å²) in [6.45, 7) is 2.07. The average Bonchev–Trinajstić information content (AvgIpc) is 2.42. The molecule has 5 nitrogen and oxygen atoms in total. The molecule has 1 unspecified atom stereocenters. The number of carbonyl (C=O) groups is 1. The molecule has 110 valence electrons. The Morgan fingerprint density at radius 3 is 2.60 bits per heavy atom. The van der Waals surface area contributed by atoms with E-state index in [0.717, 1.165) is 12.8 Å². The third kappa shape index (κ3) is 3.95. The Bertz CT molecular complexity index is 438. The minimum atomic E-state index is -1.02. The van der Waals surface area contributed by atoms with Gasteiger partial charge in [0.1, 0.15) is 0 Å². The van der Waals surface area contributed by atoms with E-state index in [1.54, 1.807) is 0 Å². The predicted molar refractivity (Wildman–Crippen MR) is 76.6 cm³/mol. The fourth-order valence-electron chi connectivity index (χ4n) is 2.81. The highest BCUT2D eigenvalue weighted by molar-refractivity contribution is 5.64. The second-order valence-corrected chi connectivity index (χ2v) is 5.43. The highest BCUT2D eigenvalue weighted by Gasteiger charge is 2.30. The van der Waals surface area contributed by atoms with Crippen LogP contribution >= 0.6 is 0 Å². The molecule has 5 heteroatoms. The molecule has 1 fully saturated rings. The molecule has 0 aliphatic heterocycles. The number of benzene rings is 1. The molecule has 0 radical (unpaired) electrons. The van der Waals surface area contributed by atoms with Crippen molar-refractivity contribution in [1.82, 2.24) is 10.6 Å². The maximum atomic E-state index is 10.6. The molecular formula is C15H22N2O3. The van der Waals surface area contributed by atoms with Crippen molar-refractivity contribution in [2.75, 3.05) is 0 Å². The van der Waals surface area contributed by atoms with Gasteiger partial charge in [0, 0.05) is 18.1 Å². The van der Waals surface area contributed by atoms with Crippen molar-refractivity contribution < 1.29 is 15.0 Å². The highest BCUT2D eigenvalue weighted by atomic mass is 16.4. The second kappa shape index (κ2) is 6.72. The number of aliphatic hydroxyl groups excluding tert-OH is 1. The Kier molecular flexibility index (Phi) is 4.98. The van der Waals surface area contributed by atoms with Gasteiger partial charge < -0.3 is 20.8 Å². The van der Waals surface area contributed by atoms with E-state index in [9.17, 15) is 9.90 Å². The molecule has 20 heavy (non-hydrogen) atoms. The van der Waals surface area contributed by atoms with Crippen LogP contribution < -0.4 is 10.6 Å². The maximum absolute atomic E-state index is 10.6. The van der Waals surface area contributed by atoms with Crippen LogP contribution in [0, 0.1) is 0 Å². The zero-order valence-electron chi connectivity index (χ0n) is 11.6. The van der Waals surface area contributed by atoms with E-state index in [1.807, 2.05) is 18.2 Å². The van der Waals surface area contributed by atoms with Gasteiger partial charge in [-0.05, 0) is 31.7 Å². The van der Waals surface area contributed by atoms with Crippen molar-refractivity contribution in [3.8, 4) is 0 Å². The lowest BCUT2D eigenvalue weighted by molar-refractivity contribution is 0.0704. The molecule has 4 N–H and O–H groups in total. The number of aliphatic hydroxyl groups is 1. The van der Waals surface area contributed by atoms with Crippen LogP contribution in [0.5, 0.6) is 0 Å². The average molecular weight is 278 g/mol. The van der Waals surface area contributed by atoms with E-state index in [0.29, 0.717) is 6.42 Å². The molecule has 1 aliphatic rings. The Morgan fingerprint density at radius 2 is 2.00 bits per heavy atom. The van der Waals surface area contributed by atoms with Crippen LogP contribution in [-0.4, -0.2) is 34.5 Å². The monoisotopic (exact) mass is 278 g/mol. The molecule has 1 aromatic carbocycles. The van der Waals surface area contributed by atoms with Crippen molar-refractivity contribution in [3.05, 3.63) is 35.9 Å². The molecule has 0 aromatic heterocycles. The molecule has 1 aromatic rings. The van der Waals surface area contributed by atoms with Crippen molar-refractivity contribution >= 4 is 6.09 Å². The SMILES string of the molecule is CC(N[C@H]1CC[C@H](NC(=O)O)C[C@@H]1O)c1ccccc1. The topological polar surface area (TPSA) is 81.6 Å². The van der Waals surface area contributed by atoms with Gasteiger partial charge in [0.2, 0.25) is 0 Å². The standard InChI is InChI=1S/C15H22N2O3/c1-10(11-5-3-2-4-6-11)16-13-8-7-12(9-14(13)18)17-15(19)20/h2-6,10,12-14,16-18H,7-9H2,1H3,(H,19,20)/t10?,12-,13-,14-/m0/s1. The van der Waals surface area contributed by atoms with E-state index in [-0.39, 0.29) is 18.1 Å². The number of hydrogen-bond donors (Lipinski definition) is 4. The van der Waals surface area contributed by atoms with Crippen LogP contribution in [0.15, 0.2) is 30.3 Å². The van der Waals surface area contributed by atoms with E-state index in [1.165, 1.54) is 5.56 Å². The summed E-state index contributed by atoms with van der Waals surface area (Å²) >= 11 is 0. The lowest BCUT2D eigenvalue weighted by atomic mass is 9.88. The van der Waals surface area contributed by atoms with Gasteiger partial charge in [0.15, 0.2) is 0 Å². The van der Waals surface area contributed by atoms with Crippen molar-refractivity contribution in [2.45, 2.75) is 50.4 Å². The Morgan fingerprint density at radius 1 is 1.30 bits per heavy atom. The van der Waals surface area contributed by atoms with Gasteiger partial charge in [0.05, 0.1) is 6.10 Å². The van der Waals surface area contributed by atoms with Gasteiger partial charge in [-0.15, -0.1) is 0 Å². The Balaban J connectivity index is 1.87. The van der Waals surface area contributed by atoms with Gasteiger partial charge in [-0.2, -0.15) is 0 Å². The summed E-state index contributed by atoms with van der Waals surface area (Å²) in [4.78, 5) is 10.6. The number of nitrogens with one attached hydrogen (secondary N) is 2. The van der Waals surface area contributed by atoms with Gasteiger partial charge >= 0.3 is 6.09 Å². The first-order chi connectivity index (χ1) is 9.56. The van der Waals surface area contributed by atoms with E-state index in [2.05, 4.69) is 29.7 Å². The summed E-state index contributed by atoms with van der Waals surface area (Å²) in [7, 11) is 0. The van der Waals surface area contributed by atoms with Crippen molar-refractivity contribution in [3.63, 3.8) is 0 Å². The molecule has 1 amide bonds. The third-order valence-electron chi connectivity index (χ3n) is 3.91.